The van der Waals surface area contributed by atoms with E-state index in [0.717, 1.165) is 29.9 Å². The highest BCUT2D eigenvalue weighted by atomic mass is 79.9. The minimum Gasteiger partial charge on any atom is -0.239 e. The molecule has 1 nitrogen and oxygen atoms in total. The van der Waals surface area contributed by atoms with E-state index in [4.69, 9.17) is 0 Å². The van der Waals surface area contributed by atoms with Gasteiger partial charge in [0.15, 0.2) is 0 Å². The zero-order valence-corrected chi connectivity index (χ0v) is 13.1. The van der Waals surface area contributed by atoms with E-state index in [-0.39, 0.29) is 0 Å². The third-order valence-electron chi connectivity index (χ3n) is 1.86. The van der Waals surface area contributed by atoms with Crippen molar-refractivity contribution in [2.45, 2.75) is 5.33 Å². The van der Waals surface area contributed by atoms with Gasteiger partial charge in [-0.25, -0.2) is 4.98 Å². The molecule has 0 atom stereocenters. The highest BCUT2D eigenvalue weighted by Gasteiger charge is 2.09. The summed E-state index contributed by atoms with van der Waals surface area (Å²) in [7, 11) is 0. The largest absolute Gasteiger partial charge is 0.239 e. The van der Waals surface area contributed by atoms with Crippen LogP contribution in [0.1, 0.15) is 5.01 Å². The van der Waals surface area contributed by atoms with Crippen molar-refractivity contribution in [3.8, 4) is 11.3 Å². The van der Waals surface area contributed by atoms with Gasteiger partial charge in [-0.1, -0.05) is 44.0 Å². The molecule has 0 spiro atoms. The van der Waals surface area contributed by atoms with E-state index < -0.39 is 0 Å². The molecule has 1 heterocycles. The van der Waals surface area contributed by atoms with Gasteiger partial charge in [0.2, 0.25) is 0 Å². The average Bonchev–Trinajstić information content (AvgIpc) is 2.61. The molecule has 0 saturated heterocycles. The molecule has 0 unspecified atom stereocenters. The highest BCUT2D eigenvalue weighted by molar-refractivity contribution is 9.11. The number of aromatic nitrogens is 1. The van der Waals surface area contributed by atoms with E-state index in [9.17, 15) is 0 Å². The lowest BCUT2D eigenvalue weighted by Crippen LogP contribution is -1.79. The van der Waals surface area contributed by atoms with Crippen molar-refractivity contribution in [1.29, 1.82) is 0 Å². The molecule has 2 rings (SSSR count). The van der Waals surface area contributed by atoms with E-state index in [2.05, 4.69) is 64.9 Å². The molecule has 0 amide bonds. The Balaban J connectivity index is 2.44. The summed E-state index contributed by atoms with van der Waals surface area (Å²) in [5, 5.41) is 1.88. The van der Waals surface area contributed by atoms with Gasteiger partial charge in [-0.3, -0.25) is 0 Å². The molecule has 0 aliphatic carbocycles. The van der Waals surface area contributed by atoms with E-state index in [1.165, 1.54) is 0 Å². The van der Waals surface area contributed by atoms with Crippen LogP contribution in [-0.2, 0) is 5.33 Å². The van der Waals surface area contributed by atoms with Gasteiger partial charge in [0.25, 0.3) is 0 Å². The molecule has 0 N–H and O–H groups in total. The lowest BCUT2D eigenvalue weighted by Gasteiger charge is -1.97. The van der Waals surface area contributed by atoms with Gasteiger partial charge in [0, 0.05) is 10.0 Å². The van der Waals surface area contributed by atoms with E-state index in [0.29, 0.717) is 0 Å². The molecule has 78 valence electrons. The van der Waals surface area contributed by atoms with Crippen molar-refractivity contribution in [1.82, 2.24) is 4.98 Å². The standard InChI is InChI=1S/C10H6Br3NS/c11-5-8-14-9(10(13)15-8)6-1-3-7(12)4-2-6/h1-4H,5H2. The number of hydrogen-bond acceptors (Lipinski definition) is 2. The number of hydrogen-bond donors (Lipinski definition) is 0. The maximum absolute atomic E-state index is 4.54. The van der Waals surface area contributed by atoms with Crippen LogP contribution in [0.3, 0.4) is 0 Å². The molecule has 1 aromatic heterocycles. The van der Waals surface area contributed by atoms with Gasteiger partial charge >= 0.3 is 0 Å². The lowest BCUT2D eigenvalue weighted by molar-refractivity contribution is 1.28. The summed E-state index contributed by atoms with van der Waals surface area (Å²) < 4.78 is 2.16. The summed E-state index contributed by atoms with van der Waals surface area (Å²) in [4.78, 5) is 4.54. The fourth-order valence-electron chi connectivity index (χ4n) is 1.19. The topological polar surface area (TPSA) is 12.9 Å². The first-order valence-electron chi connectivity index (χ1n) is 4.18. The fraction of sp³-hybridized carbons (Fsp3) is 0.100. The predicted molar refractivity (Wildman–Crippen MR) is 75.6 cm³/mol. The average molecular weight is 412 g/mol. The van der Waals surface area contributed by atoms with Gasteiger partial charge in [-0.05, 0) is 28.1 Å². The first-order chi connectivity index (χ1) is 7.20. The Morgan fingerprint density at radius 1 is 1.13 bits per heavy atom. The third kappa shape index (κ3) is 2.70. The molecule has 1 aromatic carbocycles. The second-order valence-electron chi connectivity index (χ2n) is 2.87. The Bertz CT molecular complexity index is 464. The lowest BCUT2D eigenvalue weighted by atomic mass is 10.2. The van der Waals surface area contributed by atoms with Crippen molar-refractivity contribution >= 4 is 59.1 Å². The summed E-state index contributed by atoms with van der Waals surface area (Å²) >= 11 is 12.0. The molecule has 2 aromatic rings. The fourth-order valence-corrected chi connectivity index (χ4v) is 3.46. The SMILES string of the molecule is BrCc1nc(-c2ccc(Br)cc2)c(Br)s1. The van der Waals surface area contributed by atoms with E-state index >= 15 is 0 Å². The van der Waals surface area contributed by atoms with Gasteiger partial charge in [0.1, 0.15) is 5.01 Å². The zero-order valence-electron chi connectivity index (χ0n) is 7.51. The van der Waals surface area contributed by atoms with Crippen LogP contribution in [0.15, 0.2) is 32.5 Å². The third-order valence-corrected chi connectivity index (χ3v) is 5.00. The van der Waals surface area contributed by atoms with Crippen molar-refractivity contribution in [2.24, 2.45) is 0 Å². The summed E-state index contributed by atoms with van der Waals surface area (Å²) in [5.74, 6) is 0. The number of thiazole rings is 1. The van der Waals surface area contributed by atoms with Crippen molar-refractivity contribution in [3.63, 3.8) is 0 Å². The molecule has 0 radical (unpaired) electrons. The molecule has 5 heteroatoms. The molecular weight excluding hydrogens is 406 g/mol. The van der Waals surface area contributed by atoms with E-state index in [1.807, 2.05) is 12.1 Å². The van der Waals surface area contributed by atoms with E-state index in [1.54, 1.807) is 11.3 Å². The first-order valence-corrected chi connectivity index (χ1v) is 7.70. The zero-order chi connectivity index (χ0) is 10.8. The first kappa shape index (κ1) is 11.8. The Morgan fingerprint density at radius 3 is 2.33 bits per heavy atom. The van der Waals surface area contributed by atoms with Gasteiger partial charge in [0.05, 0.1) is 14.8 Å². The van der Waals surface area contributed by atoms with Gasteiger partial charge < -0.3 is 0 Å². The maximum Gasteiger partial charge on any atom is 0.105 e. The normalized spacial score (nSPS) is 10.6. The van der Waals surface area contributed by atoms with Crippen LogP contribution < -0.4 is 0 Å². The van der Waals surface area contributed by atoms with Crippen molar-refractivity contribution in [3.05, 3.63) is 37.5 Å². The highest BCUT2D eigenvalue weighted by Crippen LogP contribution is 2.34. The van der Waals surface area contributed by atoms with Crippen LogP contribution in [0.5, 0.6) is 0 Å². The molecule has 0 saturated carbocycles. The van der Waals surface area contributed by atoms with Crippen LogP contribution in [0.4, 0.5) is 0 Å². The predicted octanol–water partition coefficient (Wildman–Crippen LogP) is 5.23. The molecule has 0 fully saturated rings. The molecule has 0 aliphatic rings. The molecule has 0 aliphatic heterocycles. The molecular formula is C10H6Br3NS. The summed E-state index contributed by atoms with van der Waals surface area (Å²) in [6.07, 6.45) is 0. The Kier molecular flexibility index (Phi) is 3.98. The minimum atomic E-state index is 0.798. The minimum absolute atomic E-state index is 0.798. The van der Waals surface area contributed by atoms with Crippen molar-refractivity contribution in [2.75, 3.05) is 0 Å². The second kappa shape index (κ2) is 5.08. The number of alkyl halides is 1. The van der Waals surface area contributed by atoms with Crippen LogP contribution in [0.2, 0.25) is 0 Å². The number of benzene rings is 1. The van der Waals surface area contributed by atoms with Crippen LogP contribution in [0, 0.1) is 0 Å². The Morgan fingerprint density at radius 2 is 1.80 bits per heavy atom. The number of halogens is 3. The number of rotatable bonds is 2. The molecule has 0 bridgehead atoms. The quantitative estimate of drug-likeness (QED) is 0.616. The monoisotopic (exact) mass is 409 g/mol. The maximum atomic E-state index is 4.54. The Labute approximate surface area is 117 Å². The van der Waals surface area contributed by atoms with Crippen LogP contribution in [-0.4, -0.2) is 4.98 Å². The van der Waals surface area contributed by atoms with Crippen LogP contribution in [0.25, 0.3) is 11.3 Å². The number of nitrogens with zero attached hydrogens (tertiary/aromatic N) is 1. The van der Waals surface area contributed by atoms with Gasteiger partial charge in [-0.15, -0.1) is 11.3 Å². The van der Waals surface area contributed by atoms with Crippen LogP contribution >= 0.6 is 59.1 Å². The summed E-state index contributed by atoms with van der Waals surface area (Å²) in [6.45, 7) is 0. The second-order valence-corrected chi connectivity index (χ2v) is 6.75. The Hall–Kier alpha value is 0.290. The summed E-state index contributed by atoms with van der Waals surface area (Å²) in [5.41, 5.74) is 2.15. The molecule has 15 heavy (non-hydrogen) atoms. The van der Waals surface area contributed by atoms with Crippen molar-refractivity contribution < 1.29 is 0 Å². The summed E-state index contributed by atoms with van der Waals surface area (Å²) in [6, 6.07) is 8.16. The smallest absolute Gasteiger partial charge is 0.105 e. The van der Waals surface area contributed by atoms with Gasteiger partial charge in [-0.2, -0.15) is 0 Å².